The number of fused-ring (bicyclic) bond motifs is 1. The Bertz CT molecular complexity index is 522. The van der Waals surface area contributed by atoms with Gasteiger partial charge in [-0.25, -0.2) is 0 Å². The normalized spacial score (nSPS) is 23.4. The zero-order valence-electron chi connectivity index (χ0n) is 9.34. The van der Waals surface area contributed by atoms with E-state index in [2.05, 4.69) is 0 Å². The summed E-state index contributed by atoms with van der Waals surface area (Å²) in [5.41, 5.74) is 1.51. The molecule has 1 radical (unpaired) electrons. The van der Waals surface area contributed by atoms with E-state index in [1.165, 1.54) is 0 Å². The molecule has 0 saturated carbocycles. The zero-order chi connectivity index (χ0) is 11.1. The first kappa shape index (κ1) is 13.9. The molecule has 0 amide bonds. The van der Waals surface area contributed by atoms with Crippen LogP contribution in [0.25, 0.3) is 6.08 Å². The van der Waals surface area contributed by atoms with Crippen molar-refractivity contribution in [2.75, 3.05) is 0 Å². The third-order valence-electron chi connectivity index (χ3n) is 2.90. The van der Waals surface area contributed by atoms with E-state index < -0.39 is 14.9 Å². The van der Waals surface area contributed by atoms with Crippen LogP contribution in [0.2, 0.25) is 0 Å². The maximum atomic E-state index is 11.4. The van der Waals surface area contributed by atoms with Crippen molar-refractivity contribution >= 4 is 45.8 Å². The largest absolute Gasteiger partial charge is 0.285 e. The molecule has 2 rings (SSSR count). The Morgan fingerprint density at radius 1 is 1.31 bits per heavy atom. The summed E-state index contributed by atoms with van der Waals surface area (Å²) in [5, 5.41) is 0. The Labute approximate surface area is 118 Å². The molecular formula is C11H12NaO3S. The average Bonchev–Trinajstić information content (AvgIpc) is 2.17. The second-order valence-corrected chi connectivity index (χ2v) is 5.75. The van der Waals surface area contributed by atoms with Crippen molar-refractivity contribution < 1.29 is 13.0 Å². The molecule has 1 unspecified atom stereocenters. The first-order valence-electron chi connectivity index (χ1n) is 4.68. The van der Waals surface area contributed by atoms with Gasteiger partial charge in [0.25, 0.3) is 10.1 Å². The summed E-state index contributed by atoms with van der Waals surface area (Å²) in [6, 6.07) is 7.21. The fraction of sp³-hybridized carbons (Fsp3) is 0.273. The first-order valence-corrected chi connectivity index (χ1v) is 6.12. The molecule has 1 aliphatic carbocycles. The van der Waals surface area contributed by atoms with Crippen LogP contribution >= 0.6 is 0 Å². The Hall–Kier alpha value is -0.130. The van der Waals surface area contributed by atoms with E-state index in [-0.39, 0.29) is 29.6 Å². The number of allylic oxidation sites excluding steroid dienone is 1. The number of hydrogen-bond acceptors (Lipinski definition) is 2. The van der Waals surface area contributed by atoms with Gasteiger partial charge < -0.3 is 0 Å². The van der Waals surface area contributed by atoms with Crippen molar-refractivity contribution in [3.63, 3.8) is 0 Å². The van der Waals surface area contributed by atoms with Crippen LogP contribution in [0.5, 0.6) is 0 Å². The van der Waals surface area contributed by atoms with Crippen LogP contribution in [0.1, 0.15) is 24.5 Å². The van der Waals surface area contributed by atoms with Gasteiger partial charge in [-0.15, -0.1) is 0 Å². The molecule has 5 heteroatoms. The van der Waals surface area contributed by atoms with Crippen LogP contribution in [0, 0.1) is 0 Å². The number of benzene rings is 1. The van der Waals surface area contributed by atoms with E-state index in [9.17, 15) is 13.0 Å². The van der Waals surface area contributed by atoms with Crippen LogP contribution in [-0.4, -0.2) is 42.5 Å². The summed E-state index contributed by atoms with van der Waals surface area (Å²) < 4.78 is 30.9. The molecule has 0 saturated heterocycles. The second-order valence-electron chi connectivity index (χ2n) is 3.90. The standard InChI is InChI=1S/C11H12O3S.Na/c1-11(15(12,13)14)8-4-6-9-5-2-3-7-10(9)11;/h2-7H,8H2,1H3,(H,12,13,14);. The van der Waals surface area contributed by atoms with Crippen molar-refractivity contribution in [2.45, 2.75) is 18.1 Å². The van der Waals surface area contributed by atoms with Crippen LogP contribution < -0.4 is 0 Å². The van der Waals surface area contributed by atoms with E-state index in [1.807, 2.05) is 18.2 Å². The molecule has 16 heavy (non-hydrogen) atoms. The van der Waals surface area contributed by atoms with Crippen molar-refractivity contribution in [3.8, 4) is 0 Å². The van der Waals surface area contributed by atoms with Gasteiger partial charge in [0.05, 0.1) is 0 Å². The maximum Gasteiger partial charge on any atom is 0.274 e. The van der Waals surface area contributed by atoms with Gasteiger partial charge in [0.15, 0.2) is 0 Å². The molecule has 1 aliphatic rings. The molecular weight excluding hydrogens is 235 g/mol. The van der Waals surface area contributed by atoms with Crippen LogP contribution in [0.15, 0.2) is 30.3 Å². The van der Waals surface area contributed by atoms with Gasteiger partial charge in [-0.05, 0) is 24.5 Å². The monoisotopic (exact) mass is 247 g/mol. The van der Waals surface area contributed by atoms with E-state index >= 15 is 0 Å². The summed E-state index contributed by atoms with van der Waals surface area (Å²) >= 11 is 0. The Kier molecular flexibility index (Phi) is 4.03. The van der Waals surface area contributed by atoms with Crippen molar-refractivity contribution in [1.82, 2.24) is 0 Å². The molecule has 0 fully saturated rings. The van der Waals surface area contributed by atoms with Crippen LogP contribution in [0.3, 0.4) is 0 Å². The average molecular weight is 247 g/mol. The predicted molar refractivity (Wildman–Crippen MR) is 64.7 cm³/mol. The maximum absolute atomic E-state index is 11.4. The SMILES string of the molecule is CC1(S(=O)(=O)O)CC=Cc2ccccc21.[Na]. The van der Waals surface area contributed by atoms with E-state index in [1.54, 1.807) is 25.1 Å². The number of rotatable bonds is 1. The minimum Gasteiger partial charge on any atom is -0.285 e. The number of hydrogen-bond donors (Lipinski definition) is 1. The van der Waals surface area contributed by atoms with Gasteiger partial charge in [-0.3, -0.25) is 4.55 Å². The van der Waals surface area contributed by atoms with E-state index in [4.69, 9.17) is 0 Å². The van der Waals surface area contributed by atoms with Gasteiger partial charge in [-0.2, -0.15) is 8.42 Å². The van der Waals surface area contributed by atoms with Gasteiger partial charge in [0, 0.05) is 29.6 Å². The summed E-state index contributed by atoms with van der Waals surface area (Å²) in [4.78, 5) is 0. The topological polar surface area (TPSA) is 54.4 Å². The molecule has 1 aromatic carbocycles. The quantitative estimate of drug-likeness (QED) is 0.608. The minimum atomic E-state index is -4.09. The van der Waals surface area contributed by atoms with E-state index in [0.717, 1.165) is 5.56 Å². The molecule has 1 N–H and O–H groups in total. The Morgan fingerprint density at radius 2 is 1.94 bits per heavy atom. The van der Waals surface area contributed by atoms with Crippen molar-refractivity contribution in [1.29, 1.82) is 0 Å². The molecule has 0 aromatic heterocycles. The second kappa shape index (κ2) is 4.63. The minimum absolute atomic E-state index is 0. The molecule has 3 nitrogen and oxygen atoms in total. The third kappa shape index (κ3) is 2.13. The van der Waals surface area contributed by atoms with Gasteiger partial charge in [0.1, 0.15) is 4.75 Å². The van der Waals surface area contributed by atoms with Gasteiger partial charge >= 0.3 is 0 Å². The van der Waals surface area contributed by atoms with Crippen LogP contribution in [0.4, 0.5) is 0 Å². The molecule has 0 bridgehead atoms. The van der Waals surface area contributed by atoms with Gasteiger partial charge in [-0.1, -0.05) is 36.4 Å². The summed E-state index contributed by atoms with van der Waals surface area (Å²) in [6.45, 7) is 1.55. The molecule has 0 aliphatic heterocycles. The molecule has 0 heterocycles. The third-order valence-corrected chi connectivity index (χ3v) is 4.43. The summed E-state index contributed by atoms with van der Waals surface area (Å²) in [6.07, 6.45) is 3.96. The smallest absolute Gasteiger partial charge is 0.274 e. The Morgan fingerprint density at radius 3 is 2.56 bits per heavy atom. The fourth-order valence-electron chi connectivity index (χ4n) is 1.89. The van der Waals surface area contributed by atoms with Crippen molar-refractivity contribution in [3.05, 3.63) is 41.5 Å². The molecule has 0 spiro atoms. The molecule has 1 aromatic rings. The van der Waals surface area contributed by atoms with Crippen molar-refractivity contribution in [2.24, 2.45) is 0 Å². The summed E-state index contributed by atoms with van der Waals surface area (Å²) in [7, 11) is -4.09. The zero-order valence-corrected chi connectivity index (χ0v) is 12.2. The predicted octanol–water partition coefficient (Wildman–Crippen LogP) is 1.83. The van der Waals surface area contributed by atoms with Gasteiger partial charge in [0.2, 0.25) is 0 Å². The first-order chi connectivity index (χ1) is 6.95. The Balaban J connectivity index is 0.00000128. The molecule has 81 valence electrons. The summed E-state index contributed by atoms with van der Waals surface area (Å²) in [5.74, 6) is 0. The van der Waals surface area contributed by atoms with Crippen LogP contribution in [-0.2, 0) is 14.9 Å². The fourth-order valence-corrected chi connectivity index (χ4v) is 2.66. The molecule has 1 atom stereocenters. The van der Waals surface area contributed by atoms with E-state index in [0.29, 0.717) is 12.0 Å².